The number of hydrogen-bond donors (Lipinski definition) is 1. The molecule has 0 fully saturated rings. The Bertz CT molecular complexity index is 1090. The van der Waals surface area contributed by atoms with Crippen molar-refractivity contribution in [1.82, 2.24) is 0 Å². The van der Waals surface area contributed by atoms with E-state index in [2.05, 4.69) is 110 Å². The van der Waals surface area contributed by atoms with Crippen LogP contribution < -0.4 is 5.32 Å². The second-order valence-corrected chi connectivity index (χ2v) is 8.28. The quantitative estimate of drug-likeness (QED) is 0.537. The van der Waals surface area contributed by atoms with Gasteiger partial charge in [0, 0.05) is 11.1 Å². The zero-order chi connectivity index (χ0) is 19.1. The molecule has 2 aliphatic rings. The third-order valence-corrected chi connectivity index (χ3v) is 6.17. The van der Waals surface area contributed by atoms with Crippen LogP contribution in [0.15, 0.2) is 96.6 Å². The van der Waals surface area contributed by atoms with Gasteiger partial charge in [0.25, 0.3) is 0 Å². The van der Waals surface area contributed by atoms with E-state index >= 15 is 0 Å². The Morgan fingerprint density at radius 1 is 0.821 bits per heavy atom. The van der Waals surface area contributed by atoms with Gasteiger partial charge in [-0.1, -0.05) is 92.7 Å². The highest BCUT2D eigenvalue weighted by Crippen LogP contribution is 2.50. The Balaban J connectivity index is 1.50. The SMILES string of the molecule is CC1(C)C2=C(C=CCC2Nc2cccc(-c3ccccc3)c2)c2ccccc21. The minimum atomic E-state index is 0.0470. The van der Waals surface area contributed by atoms with E-state index < -0.39 is 0 Å². The van der Waals surface area contributed by atoms with E-state index in [1.165, 1.54) is 39.1 Å². The number of hydrogen-bond acceptors (Lipinski definition) is 1. The smallest absolute Gasteiger partial charge is 0.0525 e. The van der Waals surface area contributed by atoms with Gasteiger partial charge in [-0.3, -0.25) is 0 Å². The van der Waals surface area contributed by atoms with Crippen molar-refractivity contribution in [2.45, 2.75) is 31.7 Å². The minimum absolute atomic E-state index is 0.0470. The molecule has 0 radical (unpaired) electrons. The van der Waals surface area contributed by atoms with Crippen LogP contribution in [0, 0.1) is 0 Å². The number of anilines is 1. The standard InChI is InChI=1S/C27H25N/c1-27(2)24-16-7-6-14-22(24)23-15-9-17-25(26(23)27)28-21-13-8-12-20(18-21)19-10-4-3-5-11-19/h3-16,18,25,28H,17H2,1-2H3. The molecule has 138 valence electrons. The monoisotopic (exact) mass is 363 g/mol. The molecule has 0 amide bonds. The number of rotatable bonds is 3. The molecule has 1 unspecified atom stereocenters. The Morgan fingerprint density at radius 3 is 2.43 bits per heavy atom. The molecule has 0 saturated carbocycles. The molecule has 1 nitrogen and oxygen atoms in total. The summed E-state index contributed by atoms with van der Waals surface area (Å²) >= 11 is 0. The summed E-state index contributed by atoms with van der Waals surface area (Å²) < 4.78 is 0. The highest BCUT2D eigenvalue weighted by Gasteiger charge is 2.41. The summed E-state index contributed by atoms with van der Waals surface area (Å²) in [5.41, 5.74) is 9.49. The highest BCUT2D eigenvalue weighted by molar-refractivity contribution is 5.88. The van der Waals surface area contributed by atoms with Crippen molar-refractivity contribution >= 4 is 11.3 Å². The Morgan fingerprint density at radius 2 is 1.57 bits per heavy atom. The summed E-state index contributed by atoms with van der Waals surface area (Å²) in [6, 6.07) is 28.5. The maximum Gasteiger partial charge on any atom is 0.0525 e. The van der Waals surface area contributed by atoms with Gasteiger partial charge in [0.15, 0.2) is 0 Å². The first-order valence-corrected chi connectivity index (χ1v) is 10.1. The fourth-order valence-corrected chi connectivity index (χ4v) is 4.88. The van der Waals surface area contributed by atoms with Crippen LogP contribution >= 0.6 is 0 Å². The summed E-state index contributed by atoms with van der Waals surface area (Å²) in [4.78, 5) is 0. The van der Waals surface area contributed by atoms with Crippen LogP contribution in [0.5, 0.6) is 0 Å². The summed E-state index contributed by atoms with van der Waals surface area (Å²) in [7, 11) is 0. The minimum Gasteiger partial charge on any atom is -0.378 e. The molecule has 1 atom stereocenters. The van der Waals surface area contributed by atoms with Crippen molar-refractivity contribution in [3.8, 4) is 11.1 Å². The van der Waals surface area contributed by atoms with Crippen molar-refractivity contribution in [2.24, 2.45) is 0 Å². The van der Waals surface area contributed by atoms with E-state index in [1.807, 2.05) is 0 Å². The average Bonchev–Trinajstić information content (AvgIpc) is 2.97. The Labute approximate surface area is 167 Å². The van der Waals surface area contributed by atoms with Crippen molar-refractivity contribution in [1.29, 1.82) is 0 Å². The summed E-state index contributed by atoms with van der Waals surface area (Å²) in [5, 5.41) is 3.84. The van der Waals surface area contributed by atoms with Crippen molar-refractivity contribution < 1.29 is 0 Å². The molecule has 3 aromatic carbocycles. The number of benzene rings is 3. The topological polar surface area (TPSA) is 12.0 Å². The molecule has 0 heterocycles. The van der Waals surface area contributed by atoms with Crippen LogP contribution in [0.25, 0.3) is 16.7 Å². The molecule has 28 heavy (non-hydrogen) atoms. The van der Waals surface area contributed by atoms with Gasteiger partial charge in [0.05, 0.1) is 6.04 Å². The first-order valence-electron chi connectivity index (χ1n) is 10.1. The van der Waals surface area contributed by atoms with Gasteiger partial charge in [-0.2, -0.15) is 0 Å². The van der Waals surface area contributed by atoms with Crippen molar-refractivity contribution in [2.75, 3.05) is 5.32 Å². The largest absolute Gasteiger partial charge is 0.378 e. The maximum absolute atomic E-state index is 3.84. The van der Waals surface area contributed by atoms with E-state index in [1.54, 1.807) is 0 Å². The number of fused-ring (bicyclic) bond motifs is 2. The molecule has 1 heteroatoms. The van der Waals surface area contributed by atoms with Gasteiger partial charge in [0.1, 0.15) is 0 Å². The average molecular weight is 364 g/mol. The van der Waals surface area contributed by atoms with Gasteiger partial charge in [-0.25, -0.2) is 0 Å². The lowest BCUT2D eigenvalue weighted by Gasteiger charge is -2.33. The molecule has 1 N–H and O–H groups in total. The molecule has 0 bridgehead atoms. The first-order chi connectivity index (χ1) is 13.6. The summed E-state index contributed by atoms with van der Waals surface area (Å²) in [6.45, 7) is 4.73. The highest BCUT2D eigenvalue weighted by atomic mass is 14.9. The number of nitrogens with one attached hydrogen (secondary N) is 1. The van der Waals surface area contributed by atoms with Crippen LogP contribution in [0.3, 0.4) is 0 Å². The predicted octanol–water partition coefficient (Wildman–Crippen LogP) is 6.84. The molecule has 5 rings (SSSR count). The second kappa shape index (κ2) is 6.53. The lowest BCUT2D eigenvalue weighted by molar-refractivity contribution is 0.584. The third kappa shape index (κ3) is 2.70. The molecule has 0 saturated heterocycles. The lowest BCUT2D eigenvalue weighted by atomic mass is 9.76. The van der Waals surface area contributed by atoms with E-state index in [0.717, 1.165) is 6.42 Å². The van der Waals surface area contributed by atoms with Crippen molar-refractivity contribution in [3.05, 3.63) is 108 Å². The Kier molecular flexibility index (Phi) is 3.98. The molecule has 3 aromatic rings. The second-order valence-electron chi connectivity index (χ2n) is 8.28. The van der Waals surface area contributed by atoms with E-state index in [-0.39, 0.29) is 5.41 Å². The van der Waals surface area contributed by atoms with Crippen LogP contribution in [-0.2, 0) is 5.41 Å². The van der Waals surface area contributed by atoms with E-state index in [4.69, 9.17) is 0 Å². The predicted molar refractivity (Wildman–Crippen MR) is 119 cm³/mol. The molecular formula is C27H25N. The molecule has 0 aromatic heterocycles. The lowest BCUT2D eigenvalue weighted by Crippen LogP contribution is -2.32. The first kappa shape index (κ1) is 17.1. The third-order valence-electron chi connectivity index (χ3n) is 6.17. The molecule has 0 aliphatic heterocycles. The van der Waals surface area contributed by atoms with Crippen LogP contribution in [-0.4, -0.2) is 6.04 Å². The van der Waals surface area contributed by atoms with Gasteiger partial charge < -0.3 is 5.32 Å². The van der Waals surface area contributed by atoms with Gasteiger partial charge in [0.2, 0.25) is 0 Å². The van der Waals surface area contributed by atoms with E-state index in [0.29, 0.717) is 6.04 Å². The molecule has 0 spiro atoms. The zero-order valence-electron chi connectivity index (χ0n) is 16.4. The summed E-state index contributed by atoms with van der Waals surface area (Å²) in [5.74, 6) is 0. The van der Waals surface area contributed by atoms with Gasteiger partial charge in [-0.05, 0) is 52.0 Å². The molecule has 2 aliphatic carbocycles. The molecular weight excluding hydrogens is 338 g/mol. The normalized spacial score (nSPS) is 19.3. The zero-order valence-corrected chi connectivity index (χ0v) is 16.4. The van der Waals surface area contributed by atoms with Gasteiger partial charge in [-0.15, -0.1) is 0 Å². The van der Waals surface area contributed by atoms with Crippen LogP contribution in [0.1, 0.15) is 31.4 Å². The van der Waals surface area contributed by atoms with Crippen LogP contribution in [0.2, 0.25) is 0 Å². The Hall–Kier alpha value is -3.06. The van der Waals surface area contributed by atoms with Crippen LogP contribution in [0.4, 0.5) is 5.69 Å². The van der Waals surface area contributed by atoms with E-state index in [9.17, 15) is 0 Å². The number of allylic oxidation sites excluding steroid dienone is 2. The maximum atomic E-state index is 3.84. The van der Waals surface area contributed by atoms with Gasteiger partial charge >= 0.3 is 0 Å². The van der Waals surface area contributed by atoms with Crippen molar-refractivity contribution in [3.63, 3.8) is 0 Å². The fourth-order valence-electron chi connectivity index (χ4n) is 4.88. The summed E-state index contributed by atoms with van der Waals surface area (Å²) in [6.07, 6.45) is 5.66. The fraction of sp³-hybridized carbons (Fsp3) is 0.185.